The molecule has 2 atom stereocenters. The molecule has 1 fully saturated rings. The Morgan fingerprint density at radius 1 is 1.46 bits per heavy atom. The molecular weight excluding hydrogens is 370 g/mol. The van der Waals surface area contributed by atoms with Gasteiger partial charge in [-0.1, -0.05) is 12.1 Å². The number of sulfonamides is 1. The second-order valence-electron chi connectivity index (χ2n) is 5.50. The molecule has 2 rings (SSSR count). The molecule has 1 aromatic carbocycles. The van der Waals surface area contributed by atoms with Crippen molar-refractivity contribution in [3.8, 4) is 0 Å². The van der Waals surface area contributed by atoms with Crippen molar-refractivity contribution < 1.29 is 13.2 Å². The Kier molecular flexibility index (Phi) is 8.52. The van der Waals surface area contributed by atoms with Gasteiger partial charge in [0.05, 0.1) is 10.9 Å². The lowest BCUT2D eigenvalue weighted by atomic mass is 10.1. The fraction of sp³-hybridized carbons (Fsp3) is 0.533. The first-order valence-corrected chi connectivity index (χ1v) is 10.2. The van der Waals surface area contributed by atoms with E-state index in [9.17, 15) is 13.2 Å². The largest absolute Gasteiger partial charge is 0.350 e. The van der Waals surface area contributed by atoms with Gasteiger partial charge in [-0.3, -0.25) is 4.79 Å². The van der Waals surface area contributed by atoms with Gasteiger partial charge < -0.3 is 10.6 Å². The van der Waals surface area contributed by atoms with Gasteiger partial charge in [-0.2, -0.15) is 11.8 Å². The monoisotopic (exact) mass is 393 g/mol. The van der Waals surface area contributed by atoms with Crippen molar-refractivity contribution in [2.45, 2.75) is 30.3 Å². The Balaban J connectivity index is 0.00000288. The molecule has 0 saturated carbocycles. The van der Waals surface area contributed by atoms with E-state index in [1.54, 1.807) is 12.1 Å². The van der Waals surface area contributed by atoms with Crippen molar-refractivity contribution in [1.29, 1.82) is 0 Å². The first kappa shape index (κ1) is 21.2. The number of rotatable bonds is 6. The van der Waals surface area contributed by atoms with Crippen LogP contribution in [0.4, 0.5) is 0 Å². The Bertz CT molecular complexity index is 649. The number of nitrogens with one attached hydrogen (secondary N) is 3. The summed E-state index contributed by atoms with van der Waals surface area (Å²) in [6, 6.07) is 6.58. The van der Waals surface area contributed by atoms with Crippen molar-refractivity contribution in [2.75, 3.05) is 25.1 Å². The highest BCUT2D eigenvalue weighted by atomic mass is 35.5. The van der Waals surface area contributed by atoms with Gasteiger partial charge in [0.15, 0.2) is 0 Å². The van der Waals surface area contributed by atoms with E-state index in [0.717, 1.165) is 23.6 Å². The maximum atomic E-state index is 12.1. The molecule has 136 valence electrons. The number of carbonyl (C=O) groups is 1. The smallest absolute Gasteiger partial charge is 0.240 e. The topological polar surface area (TPSA) is 87.3 Å². The van der Waals surface area contributed by atoms with Crippen molar-refractivity contribution in [3.63, 3.8) is 0 Å². The summed E-state index contributed by atoms with van der Waals surface area (Å²) in [7, 11) is -2.10. The summed E-state index contributed by atoms with van der Waals surface area (Å²) in [5, 5.41) is 6.27. The molecule has 24 heavy (non-hydrogen) atoms. The van der Waals surface area contributed by atoms with E-state index in [0.29, 0.717) is 6.42 Å². The fourth-order valence-electron chi connectivity index (χ4n) is 2.43. The molecule has 1 saturated heterocycles. The molecule has 0 radical (unpaired) electrons. The highest BCUT2D eigenvalue weighted by molar-refractivity contribution is 7.99. The zero-order valence-electron chi connectivity index (χ0n) is 13.7. The van der Waals surface area contributed by atoms with Crippen LogP contribution in [0.15, 0.2) is 29.2 Å². The lowest BCUT2D eigenvalue weighted by Gasteiger charge is -2.23. The first-order chi connectivity index (χ1) is 10.9. The maximum absolute atomic E-state index is 12.1. The lowest BCUT2D eigenvalue weighted by molar-refractivity contribution is -0.122. The highest BCUT2D eigenvalue weighted by Crippen LogP contribution is 2.18. The number of amides is 1. The molecule has 0 aromatic heterocycles. The zero-order chi connectivity index (χ0) is 16.9. The van der Waals surface area contributed by atoms with Crippen LogP contribution >= 0.6 is 24.2 Å². The molecule has 3 N–H and O–H groups in total. The summed E-state index contributed by atoms with van der Waals surface area (Å²) in [5.74, 6) is 2.00. The van der Waals surface area contributed by atoms with E-state index >= 15 is 0 Å². The van der Waals surface area contributed by atoms with E-state index in [1.165, 1.54) is 13.1 Å². The van der Waals surface area contributed by atoms with Gasteiger partial charge in [0.2, 0.25) is 15.9 Å². The Labute approximate surface area is 154 Å². The third-order valence-electron chi connectivity index (χ3n) is 3.74. The minimum absolute atomic E-state index is 0. The number of benzene rings is 1. The molecule has 0 aliphatic carbocycles. The van der Waals surface area contributed by atoms with Gasteiger partial charge >= 0.3 is 0 Å². The zero-order valence-corrected chi connectivity index (χ0v) is 16.2. The van der Waals surface area contributed by atoms with Crippen molar-refractivity contribution >= 4 is 40.1 Å². The summed E-state index contributed by atoms with van der Waals surface area (Å²) >= 11 is 1.85. The molecule has 1 aromatic rings. The lowest BCUT2D eigenvalue weighted by Crippen LogP contribution is -2.41. The van der Waals surface area contributed by atoms with E-state index < -0.39 is 10.0 Å². The summed E-state index contributed by atoms with van der Waals surface area (Å²) in [4.78, 5) is 12.3. The van der Waals surface area contributed by atoms with Crippen molar-refractivity contribution in [1.82, 2.24) is 15.4 Å². The van der Waals surface area contributed by atoms with E-state index in [4.69, 9.17) is 0 Å². The molecule has 1 amide bonds. The normalized spacial score (nSPS) is 19.2. The van der Waals surface area contributed by atoms with Gasteiger partial charge in [0.25, 0.3) is 0 Å². The quantitative estimate of drug-likeness (QED) is 0.677. The van der Waals surface area contributed by atoms with Gasteiger partial charge in [0, 0.05) is 30.5 Å². The Hall–Kier alpha value is -0.800. The van der Waals surface area contributed by atoms with Gasteiger partial charge in [-0.05, 0) is 31.7 Å². The van der Waals surface area contributed by atoms with Crippen LogP contribution in [-0.2, 0) is 14.8 Å². The summed E-state index contributed by atoms with van der Waals surface area (Å²) in [6.07, 6.45) is 0.436. The maximum Gasteiger partial charge on any atom is 0.240 e. The molecule has 9 heteroatoms. The summed E-state index contributed by atoms with van der Waals surface area (Å²) in [5.41, 5.74) is 0.764. The molecule has 1 aliphatic rings. The van der Waals surface area contributed by atoms with Crippen LogP contribution in [0, 0.1) is 0 Å². The molecule has 6 nitrogen and oxygen atoms in total. The number of thioether (sulfide) groups is 1. The molecule has 0 bridgehead atoms. The predicted molar refractivity (Wildman–Crippen MR) is 100 cm³/mol. The Morgan fingerprint density at radius 3 is 2.83 bits per heavy atom. The molecule has 1 aliphatic heterocycles. The number of carbonyl (C=O) groups excluding carboxylic acids is 1. The van der Waals surface area contributed by atoms with Crippen LogP contribution in [0.3, 0.4) is 0 Å². The van der Waals surface area contributed by atoms with E-state index in [2.05, 4.69) is 15.4 Å². The second-order valence-corrected chi connectivity index (χ2v) is 8.54. The highest BCUT2D eigenvalue weighted by Gasteiger charge is 2.19. The minimum Gasteiger partial charge on any atom is -0.350 e. The van der Waals surface area contributed by atoms with Gasteiger partial charge in [0.1, 0.15) is 0 Å². The molecule has 2 unspecified atom stereocenters. The fourth-order valence-corrected chi connectivity index (χ4v) is 4.16. The third kappa shape index (κ3) is 5.93. The van der Waals surface area contributed by atoms with Gasteiger partial charge in [-0.25, -0.2) is 13.1 Å². The van der Waals surface area contributed by atoms with E-state index in [1.807, 2.05) is 24.8 Å². The first-order valence-electron chi connectivity index (χ1n) is 7.56. The van der Waals surface area contributed by atoms with Gasteiger partial charge in [-0.15, -0.1) is 12.4 Å². The average Bonchev–Trinajstić information content (AvgIpc) is 2.55. The van der Waals surface area contributed by atoms with Crippen LogP contribution in [0.25, 0.3) is 0 Å². The van der Waals surface area contributed by atoms with Crippen LogP contribution in [0.5, 0.6) is 0 Å². The SMILES string of the molecule is CNS(=O)(=O)c1cccc(C(C)NC(=O)CC2CSCCN2)c1.Cl. The van der Waals surface area contributed by atoms with Crippen molar-refractivity contribution in [3.05, 3.63) is 29.8 Å². The Morgan fingerprint density at radius 2 is 2.21 bits per heavy atom. The minimum atomic E-state index is -3.48. The van der Waals surface area contributed by atoms with Crippen LogP contribution < -0.4 is 15.4 Å². The molecule has 1 heterocycles. The molecular formula is C15H24ClN3O3S2. The van der Waals surface area contributed by atoms with Crippen LogP contribution in [-0.4, -0.2) is 45.5 Å². The van der Waals surface area contributed by atoms with Crippen LogP contribution in [0.2, 0.25) is 0 Å². The van der Waals surface area contributed by atoms with Crippen LogP contribution in [0.1, 0.15) is 24.9 Å². The predicted octanol–water partition coefficient (Wildman–Crippen LogP) is 1.29. The third-order valence-corrected chi connectivity index (χ3v) is 6.29. The average molecular weight is 394 g/mol. The van der Waals surface area contributed by atoms with E-state index in [-0.39, 0.29) is 35.3 Å². The second kappa shape index (κ2) is 9.62. The standard InChI is InChI=1S/C15H23N3O3S2.ClH/c1-11(18-15(19)9-13-10-22-7-6-17-13)12-4-3-5-14(8-12)23(20,21)16-2;/h3-5,8,11,13,16-17H,6-7,9-10H2,1-2H3,(H,18,19);1H. The molecule has 0 spiro atoms. The number of halogens is 1. The number of hydrogen-bond donors (Lipinski definition) is 3. The summed E-state index contributed by atoms with van der Waals surface area (Å²) < 4.78 is 26.0. The van der Waals surface area contributed by atoms with Crippen molar-refractivity contribution in [2.24, 2.45) is 0 Å². The number of hydrogen-bond acceptors (Lipinski definition) is 5. The summed E-state index contributed by atoms with van der Waals surface area (Å²) in [6.45, 7) is 2.79.